The zero-order valence-electron chi connectivity index (χ0n) is 17.4. The van der Waals surface area contributed by atoms with E-state index in [-0.39, 0.29) is 6.03 Å². The number of urea groups is 1. The van der Waals surface area contributed by atoms with Crippen LogP contribution in [0.15, 0.2) is 18.2 Å². The van der Waals surface area contributed by atoms with Crippen LogP contribution in [0.4, 0.5) is 21.0 Å². The molecule has 0 unspecified atom stereocenters. The summed E-state index contributed by atoms with van der Waals surface area (Å²) < 4.78 is 5.08. The van der Waals surface area contributed by atoms with Gasteiger partial charge in [-0.3, -0.25) is 10.2 Å². The largest absolute Gasteiger partial charge is 0.443 e. The number of amides is 4. The van der Waals surface area contributed by atoms with E-state index < -0.39 is 17.6 Å². The number of hydrazine groups is 1. The molecule has 9 heteroatoms. The number of carbonyl (C=O) groups is 3. The fourth-order valence-corrected chi connectivity index (χ4v) is 2.42. The quantitative estimate of drug-likeness (QED) is 0.555. The van der Waals surface area contributed by atoms with Crippen LogP contribution in [0.25, 0.3) is 0 Å². The van der Waals surface area contributed by atoms with Crippen molar-refractivity contribution in [3.05, 3.63) is 23.8 Å². The van der Waals surface area contributed by atoms with Gasteiger partial charge in [0.25, 0.3) is 5.91 Å². The fourth-order valence-electron chi connectivity index (χ4n) is 2.42. The van der Waals surface area contributed by atoms with Gasteiger partial charge in [0.1, 0.15) is 5.60 Å². The normalized spacial score (nSPS) is 10.6. The molecule has 0 fully saturated rings. The van der Waals surface area contributed by atoms with Crippen LogP contribution in [0.1, 0.15) is 51.9 Å². The smallest absolute Gasteiger partial charge is 0.426 e. The third-order valence-electron chi connectivity index (χ3n) is 3.63. The molecule has 0 aliphatic heterocycles. The Morgan fingerprint density at radius 2 is 1.68 bits per heavy atom. The molecule has 0 radical (unpaired) electrons. The number of hydrogen-bond acceptors (Lipinski definition) is 5. The monoisotopic (exact) mass is 393 g/mol. The molecule has 9 nitrogen and oxygen atoms in total. The molecule has 4 N–H and O–H groups in total. The first-order chi connectivity index (χ1) is 13.1. The second-order valence-electron chi connectivity index (χ2n) is 6.97. The van der Waals surface area contributed by atoms with Gasteiger partial charge in [0, 0.05) is 25.2 Å². The highest BCUT2D eigenvalue weighted by Crippen LogP contribution is 2.27. The maximum atomic E-state index is 12.4. The Bertz CT molecular complexity index is 696. The van der Waals surface area contributed by atoms with E-state index in [1.54, 1.807) is 39.0 Å². The van der Waals surface area contributed by atoms with Crippen LogP contribution in [0.5, 0.6) is 0 Å². The summed E-state index contributed by atoms with van der Waals surface area (Å²) in [5.74, 6) is -0.496. The van der Waals surface area contributed by atoms with Gasteiger partial charge in [0.05, 0.1) is 11.4 Å². The third kappa shape index (κ3) is 7.34. The van der Waals surface area contributed by atoms with Gasteiger partial charge in [0.2, 0.25) is 0 Å². The van der Waals surface area contributed by atoms with Gasteiger partial charge in [-0.15, -0.1) is 0 Å². The van der Waals surface area contributed by atoms with Crippen molar-refractivity contribution in [1.82, 2.24) is 16.2 Å². The molecule has 0 heterocycles. The number of carbonyl (C=O) groups excluding carboxylic acids is 3. The van der Waals surface area contributed by atoms with Crippen LogP contribution in [0.2, 0.25) is 0 Å². The van der Waals surface area contributed by atoms with Crippen LogP contribution < -0.4 is 26.4 Å². The molecule has 0 atom stereocenters. The van der Waals surface area contributed by atoms with Crippen LogP contribution >= 0.6 is 0 Å². The summed E-state index contributed by atoms with van der Waals surface area (Å²) in [5, 5.41) is 5.47. The minimum atomic E-state index is -0.751. The predicted molar refractivity (Wildman–Crippen MR) is 110 cm³/mol. The molecule has 1 aromatic carbocycles. The van der Waals surface area contributed by atoms with Crippen molar-refractivity contribution < 1.29 is 19.1 Å². The Balaban J connectivity index is 2.97. The standard InChI is InChI=1S/C19H31N5O4/c1-7-20-17(26)21-14-11-10-13(12-15(14)24(8-2)9-3)16(25)22-23-18(27)28-19(4,5)6/h10-12H,7-9H2,1-6H3,(H,22,25)(H,23,27)(H2,20,21,26). The molecule has 4 amide bonds. The van der Waals surface area contributed by atoms with E-state index >= 15 is 0 Å². The molecule has 0 spiro atoms. The lowest BCUT2D eigenvalue weighted by Gasteiger charge is -2.25. The lowest BCUT2D eigenvalue weighted by molar-refractivity contribution is 0.0483. The lowest BCUT2D eigenvalue weighted by atomic mass is 10.1. The Labute approximate surface area is 166 Å². The van der Waals surface area contributed by atoms with E-state index in [2.05, 4.69) is 21.5 Å². The van der Waals surface area contributed by atoms with Crippen LogP contribution in [-0.4, -0.2) is 43.3 Å². The van der Waals surface area contributed by atoms with E-state index in [0.29, 0.717) is 36.6 Å². The van der Waals surface area contributed by atoms with Gasteiger partial charge >= 0.3 is 12.1 Å². The maximum Gasteiger partial charge on any atom is 0.426 e. The van der Waals surface area contributed by atoms with Crippen molar-refractivity contribution >= 4 is 29.4 Å². The van der Waals surface area contributed by atoms with Gasteiger partial charge in [-0.05, 0) is 59.7 Å². The highest BCUT2D eigenvalue weighted by atomic mass is 16.6. The predicted octanol–water partition coefficient (Wildman–Crippen LogP) is 2.84. The maximum absolute atomic E-state index is 12.4. The second-order valence-corrected chi connectivity index (χ2v) is 6.97. The van der Waals surface area contributed by atoms with Crippen molar-refractivity contribution in [3.63, 3.8) is 0 Å². The molecule has 0 aliphatic rings. The van der Waals surface area contributed by atoms with Crippen LogP contribution in [0, 0.1) is 0 Å². The zero-order valence-corrected chi connectivity index (χ0v) is 17.4. The highest BCUT2D eigenvalue weighted by molar-refractivity contribution is 5.99. The number of nitrogens with one attached hydrogen (secondary N) is 4. The van der Waals surface area contributed by atoms with Crippen molar-refractivity contribution in [2.45, 2.75) is 47.1 Å². The van der Waals surface area contributed by atoms with Gasteiger partial charge in [-0.25, -0.2) is 15.0 Å². The minimum Gasteiger partial charge on any atom is -0.443 e. The Morgan fingerprint density at radius 3 is 2.21 bits per heavy atom. The molecule has 0 bridgehead atoms. The van der Waals surface area contributed by atoms with E-state index in [4.69, 9.17) is 4.74 Å². The minimum absolute atomic E-state index is 0.320. The first-order valence-corrected chi connectivity index (χ1v) is 9.34. The fraction of sp³-hybridized carbons (Fsp3) is 0.526. The lowest BCUT2D eigenvalue weighted by Crippen LogP contribution is -2.44. The molecule has 1 aromatic rings. The molecule has 1 rings (SSSR count). The number of nitrogens with zero attached hydrogens (tertiary/aromatic N) is 1. The van der Waals surface area contributed by atoms with E-state index in [9.17, 15) is 14.4 Å². The van der Waals surface area contributed by atoms with Gasteiger partial charge < -0.3 is 20.3 Å². The molecule has 0 aromatic heterocycles. The number of benzene rings is 1. The Morgan fingerprint density at radius 1 is 1.04 bits per heavy atom. The molecule has 28 heavy (non-hydrogen) atoms. The molecular formula is C19H31N5O4. The highest BCUT2D eigenvalue weighted by Gasteiger charge is 2.18. The number of rotatable bonds is 6. The van der Waals surface area contributed by atoms with Crippen LogP contribution in [-0.2, 0) is 4.74 Å². The summed E-state index contributed by atoms with van der Waals surface area (Å²) in [6, 6.07) is 4.58. The first-order valence-electron chi connectivity index (χ1n) is 9.34. The average molecular weight is 393 g/mol. The van der Waals surface area contributed by atoms with Gasteiger partial charge in [0.15, 0.2) is 0 Å². The van der Waals surface area contributed by atoms with Gasteiger partial charge in [-0.1, -0.05) is 0 Å². The summed E-state index contributed by atoms with van der Waals surface area (Å²) in [7, 11) is 0. The Kier molecular flexibility index (Phi) is 8.56. The van der Waals surface area contributed by atoms with Crippen molar-refractivity contribution in [2.24, 2.45) is 0 Å². The SMILES string of the molecule is CCNC(=O)Nc1ccc(C(=O)NNC(=O)OC(C)(C)C)cc1N(CC)CC. The molecule has 0 saturated heterocycles. The van der Waals surface area contributed by atoms with E-state index in [1.807, 2.05) is 25.7 Å². The van der Waals surface area contributed by atoms with E-state index in [0.717, 1.165) is 0 Å². The van der Waals surface area contributed by atoms with Crippen molar-refractivity contribution in [1.29, 1.82) is 0 Å². The van der Waals surface area contributed by atoms with Crippen molar-refractivity contribution in [3.8, 4) is 0 Å². The first kappa shape index (κ1) is 23.1. The number of hydrogen-bond donors (Lipinski definition) is 4. The van der Waals surface area contributed by atoms with Crippen molar-refractivity contribution in [2.75, 3.05) is 29.9 Å². The number of anilines is 2. The molecule has 0 aliphatic carbocycles. The number of ether oxygens (including phenoxy) is 1. The summed E-state index contributed by atoms with van der Waals surface area (Å²) >= 11 is 0. The molecular weight excluding hydrogens is 362 g/mol. The topological polar surface area (TPSA) is 112 Å². The summed E-state index contributed by atoms with van der Waals surface area (Å²) in [6.45, 7) is 12.9. The summed E-state index contributed by atoms with van der Waals surface area (Å²) in [6.07, 6.45) is -0.751. The second kappa shape index (κ2) is 10.4. The summed E-state index contributed by atoms with van der Waals surface area (Å²) in [5.41, 5.74) is 5.51. The summed E-state index contributed by atoms with van der Waals surface area (Å²) in [4.78, 5) is 38.0. The molecule has 156 valence electrons. The average Bonchev–Trinajstić information content (AvgIpc) is 2.60. The zero-order chi connectivity index (χ0) is 21.3. The third-order valence-corrected chi connectivity index (χ3v) is 3.63. The Hall–Kier alpha value is -2.97. The molecule has 0 saturated carbocycles. The van der Waals surface area contributed by atoms with Crippen LogP contribution in [0.3, 0.4) is 0 Å². The van der Waals surface area contributed by atoms with Gasteiger partial charge in [-0.2, -0.15) is 0 Å². The van der Waals surface area contributed by atoms with E-state index in [1.165, 1.54) is 0 Å².